The van der Waals surface area contributed by atoms with Crippen LogP contribution in [0.2, 0.25) is 5.02 Å². The number of halogens is 2. The average Bonchev–Trinajstić information content (AvgIpc) is 3.03. The van der Waals surface area contributed by atoms with Gasteiger partial charge in [0.1, 0.15) is 5.82 Å². The molecule has 1 aromatic carbocycles. The Hall–Kier alpha value is -2.73. The van der Waals surface area contributed by atoms with Gasteiger partial charge in [-0.05, 0) is 23.8 Å². The third-order valence-electron chi connectivity index (χ3n) is 3.74. The summed E-state index contributed by atoms with van der Waals surface area (Å²) in [6.45, 7) is 0.281. The van der Waals surface area contributed by atoms with Gasteiger partial charge in [-0.1, -0.05) is 23.7 Å². The topological polar surface area (TPSA) is 59.8 Å². The van der Waals surface area contributed by atoms with Gasteiger partial charge in [-0.25, -0.2) is 4.39 Å². The van der Waals surface area contributed by atoms with Crippen molar-refractivity contribution in [2.75, 3.05) is 0 Å². The lowest BCUT2D eigenvalue weighted by Crippen LogP contribution is -2.25. The monoisotopic (exact) mass is 358 g/mol. The summed E-state index contributed by atoms with van der Waals surface area (Å²) in [5.74, 6) is -0.798. The highest BCUT2D eigenvalue weighted by Gasteiger charge is 2.13. The minimum atomic E-state index is -0.486. The van der Waals surface area contributed by atoms with Crippen LogP contribution in [0.15, 0.2) is 48.9 Å². The largest absolute Gasteiger partial charge is 0.352 e. The summed E-state index contributed by atoms with van der Waals surface area (Å²) in [7, 11) is 1.83. The Bertz CT molecular complexity index is 889. The first-order valence-corrected chi connectivity index (χ1v) is 8.05. The zero-order chi connectivity index (χ0) is 17.8. The van der Waals surface area contributed by atoms with Crippen molar-refractivity contribution in [1.29, 1.82) is 0 Å². The maximum Gasteiger partial charge on any atom is 0.224 e. The van der Waals surface area contributed by atoms with Gasteiger partial charge in [0.25, 0.3) is 0 Å². The summed E-state index contributed by atoms with van der Waals surface area (Å²) in [6.07, 6.45) is 5.14. The van der Waals surface area contributed by atoms with Crippen molar-refractivity contribution in [2.24, 2.45) is 7.05 Å². The molecule has 0 fully saturated rings. The van der Waals surface area contributed by atoms with Gasteiger partial charge >= 0.3 is 0 Å². The fraction of sp³-hybridized carbons (Fsp3) is 0.167. The molecule has 2 aromatic heterocycles. The van der Waals surface area contributed by atoms with Gasteiger partial charge in [0.05, 0.1) is 18.3 Å². The van der Waals surface area contributed by atoms with Crippen molar-refractivity contribution in [1.82, 2.24) is 20.1 Å². The van der Waals surface area contributed by atoms with E-state index in [-0.39, 0.29) is 29.5 Å². The van der Waals surface area contributed by atoms with Crippen LogP contribution in [0.4, 0.5) is 4.39 Å². The summed E-state index contributed by atoms with van der Waals surface area (Å²) < 4.78 is 15.5. The highest BCUT2D eigenvalue weighted by atomic mass is 35.5. The minimum absolute atomic E-state index is 0.117. The van der Waals surface area contributed by atoms with E-state index in [4.69, 9.17) is 11.6 Å². The summed E-state index contributed by atoms with van der Waals surface area (Å²) in [5, 5.41) is 7.17. The van der Waals surface area contributed by atoms with Gasteiger partial charge in [0, 0.05) is 42.1 Å². The molecule has 0 atom stereocenters. The van der Waals surface area contributed by atoms with Crippen LogP contribution in [0.3, 0.4) is 0 Å². The fourth-order valence-corrected chi connectivity index (χ4v) is 2.73. The van der Waals surface area contributed by atoms with E-state index in [9.17, 15) is 9.18 Å². The van der Waals surface area contributed by atoms with Crippen LogP contribution in [0.5, 0.6) is 0 Å². The number of benzene rings is 1. The van der Waals surface area contributed by atoms with E-state index in [0.29, 0.717) is 0 Å². The third kappa shape index (κ3) is 4.03. The van der Waals surface area contributed by atoms with Crippen molar-refractivity contribution in [3.8, 4) is 11.3 Å². The molecule has 128 valence electrons. The molecule has 2 heterocycles. The molecular weight excluding hydrogens is 343 g/mol. The number of rotatable bonds is 5. The highest BCUT2D eigenvalue weighted by molar-refractivity contribution is 6.31. The molecule has 0 aliphatic carbocycles. The van der Waals surface area contributed by atoms with Gasteiger partial charge in [-0.2, -0.15) is 5.10 Å². The van der Waals surface area contributed by atoms with E-state index in [0.717, 1.165) is 16.8 Å². The molecule has 0 aliphatic heterocycles. The molecule has 0 unspecified atom stereocenters. The predicted molar refractivity (Wildman–Crippen MR) is 93.4 cm³/mol. The Labute approximate surface area is 149 Å². The Morgan fingerprint density at radius 2 is 2.16 bits per heavy atom. The lowest BCUT2D eigenvalue weighted by Gasteiger charge is -2.10. The van der Waals surface area contributed by atoms with E-state index in [2.05, 4.69) is 15.4 Å². The minimum Gasteiger partial charge on any atom is -0.352 e. The summed E-state index contributed by atoms with van der Waals surface area (Å²) in [4.78, 5) is 16.5. The third-order valence-corrected chi connectivity index (χ3v) is 4.10. The van der Waals surface area contributed by atoms with Gasteiger partial charge in [0.2, 0.25) is 5.91 Å². The first-order chi connectivity index (χ1) is 12.0. The number of nitrogens with zero attached hydrogens (tertiary/aromatic N) is 3. The second kappa shape index (κ2) is 7.44. The van der Waals surface area contributed by atoms with Crippen LogP contribution in [0, 0.1) is 5.82 Å². The van der Waals surface area contributed by atoms with Crippen LogP contribution in [-0.4, -0.2) is 20.7 Å². The Balaban J connectivity index is 1.71. The van der Waals surface area contributed by atoms with Crippen molar-refractivity contribution in [3.05, 3.63) is 70.9 Å². The van der Waals surface area contributed by atoms with Crippen LogP contribution < -0.4 is 5.32 Å². The molecule has 5 nitrogen and oxygen atoms in total. The molecule has 0 radical (unpaired) electrons. The van der Waals surface area contributed by atoms with Crippen LogP contribution in [-0.2, 0) is 24.8 Å². The van der Waals surface area contributed by atoms with Crippen LogP contribution >= 0.6 is 11.6 Å². The Morgan fingerprint density at radius 3 is 2.88 bits per heavy atom. The molecule has 25 heavy (non-hydrogen) atoms. The second-order valence-electron chi connectivity index (χ2n) is 5.57. The van der Waals surface area contributed by atoms with E-state index in [1.54, 1.807) is 29.2 Å². The second-order valence-corrected chi connectivity index (χ2v) is 5.97. The molecular formula is C18H16ClFN4O. The normalized spacial score (nSPS) is 10.7. The highest BCUT2D eigenvalue weighted by Crippen LogP contribution is 2.21. The molecule has 1 amide bonds. The number of carbonyl (C=O) groups excluding carboxylic acids is 1. The SMILES string of the molecule is Cn1cc(-c2ncccc2CNC(=O)Cc2c(F)cccc2Cl)cn1. The number of pyridine rings is 1. The van der Waals surface area contributed by atoms with Crippen molar-refractivity contribution in [2.45, 2.75) is 13.0 Å². The standard InChI is InChI=1S/C18H16ClFN4O/c1-24-11-13(10-23-24)18-12(4-3-7-21-18)9-22-17(25)8-14-15(19)5-2-6-16(14)20/h2-7,10-11H,8-9H2,1H3,(H,22,25). The molecule has 0 spiro atoms. The van der Waals surface area contributed by atoms with Gasteiger partial charge in [-0.15, -0.1) is 0 Å². The first-order valence-electron chi connectivity index (χ1n) is 7.67. The molecule has 3 aromatic rings. The van der Waals surface area contributed by atoms with E-state index in [1.165, 1.54) is 12.1 Å². The quantitative estimate of drug-likeness (QED) is 0.762. The maximum atomic E-state index is 13.8. The summed E-state index contributed by atoms with van der Waals surface area (Å²) in [5.41, 5.74) is 2.66. The maximum absolute atomic E-state index is 13.8. The molecule has 0 bridgehead atoms. The Morgan fingerprint density at radius 1 is 1.32 bits per heavy atom. The lowest BCUT2D eigenvalue weighted by molar-refractivity contribution is -0.120. The summed E-state index contributed by atoms with van der Waals surface area (Å²) >= 11 is 5.96. The number of hydrogen-bond donors (Lipinski definition) is 1. The van der Waals surface area contributed by atoms with Gasteiger partial charge in [-0.3, -0.25) is 14.5 Å². The average molecular weight is 359 g/mol. The molecule has 0 saturated heterocycles. The molecule has 1 N–H and O–H groups in total. The molecule has 3 rings (SSSR count). The zero-order valence-electron chi connectivity index (χ0n) is 13.5. The number of nitrogens with one attached hydrogen (secondary N) is 1. The number of aromatic nitrogens is 3. The zero-order valence-corrected chi connectivity index (χ0v) is 14.3. The van der Waals surface area contributed by atoms with Crippen molar-refractivity contribution >= 4 is 17.5 Å². The number of aryl methyl sites for hydroxylation is 1. The van der Waals surface area contributed by atoms with E-state index in [1.807, 2.05) is 19.3 Å². The van der Waals surface area contributed by atoms with Crippen molar-refractivity contribution < 1.29 is 9.18 Å². The van der Waals surface area contributed by atoms with Crippen LogP contribution in [0.1, 0.15) is 11.1 Å². The van der Waals surface area contributed by atoms with Crippen molar-refractivity contribution in [3.63, 3.8) is 0 Å². The molecule has 0 saturated carbocycles. The Kier molecular flexibility index (Phi) is 5.09. The lowest BCUT2D eigenvalue weighted by atomic mass is 10.1. The van der Waals surface area contributed by atoms with Gasteiger partial charge < -0.3 is 5.32 Å². The van der Waals surface area contributed by atoms with Crippen LogP contribution in [0.25, 0.3) is 11.3 Å². The number of carbonyl (C=O) groups is 1. The van der Waals surface area contributed by atoms with E-state index >= 15 is 0 Å². The smallest absolute Gasteiger partial charge is 0.224 e. The van der Waals surface area contributed by atoms with Gasteiger partial charge in [0.15, 0.2) is 0 Å². The molecule has 0 aliphatic rings. The summed E-state index contributed by atoms with van der Waals surface area (Å²) in [6, 6.07) is 8.04. The van der Waals surface area contributed by atoms with E-state index < -0.39 is 5.82 Å². The molecule has 7 heteroatoms. The number of amides is 1. The predicted octanol–water partition coefficient (Wildman–Crippen LogP) is 3.13. The fourth-order valence-electron chi connectivity index (χ4n) is 2.50. The first kappa shape index (κ1) is 17.1. The number of hydrogen-bond acceptors (Lipinski definition) is 3.